The lowest BCUT2D eigenvalue weighted by Crippen LogP contribution is -2.45. The summed E-state index contributed by atoms with van der Waals surface area (Å²) in [6.07, 6.45) is 3.79. The number of carbonyl (C=O) groups excluding carboxylic acids is 1. The van der Waals surface area contributed by atoms with Gasteiger partial charge in [0.2, 0.25) is 5.91 Å². The van der Waals surface area contributed by atoms with Crippen LogP contribution in [0.1, 0.15) is 41.6 Å². The topological polar surface area (TPSA) is 118 Å². The Morgan fingerprint density at radius 1 is 1.43 bits per heavy atom. The third-order valence-corrected chi connectivity index (χ3v) is 4.08. The molecule has 0 bridgehead atoms. The summed E-state index contributed by atoms with van der Waals surface area (Å²) in [5.74, 6) is -0.694. The minimum atomic E-state index is -0.694. The summed E-state index contributed by atoms with van der Waals surface area (Å²) in [5, 5.41) is 23.9. The third-order valence-electron chi connectivity index (χ3n) is 4.08. The molecule has 114 valence electrons. The predicted molar refractivity (Wildman–Crippen MR) is 76.7 cm³/mol. The Kier molecular flexibility index (Phi) is 4.54. The maximum atomic E-state index is 11.1. The highest BCUT2D eigenvalue weighted by Crippen LogP contribution is 2.30. The number of amides is 1. The first-order chi connectivity index (χ1) is 9.97. The van der Waals surface area contributed by atoms with Crippen molar-refractivity contribution in [3.63, 3.8) is 0 Å². The number of nitrogens with zero attached hydrogens (tertiary/aromatic N) is 1. The van der Waals surface area contributed by atoms with Crippen molar-refractivity contribution in [2.24, 2.45) is 5.73 Å². The van der Waals surface area contributed by atoms with Crippen molar-refractivity contribution < 1.29 is 14.8 Å². The first-order valence-electron chi connectivity index (χ1n) is 6.90. The molecule has 0 atom stereocenters. The highest BCUT2D eigenvalue weighted by Gasteiger charge is 2.33. The van der Waals surface area contributed by atoms with Crippen LogP contribution in [-0.2, 0) is 6.54 Å². The number of nitro groups is 1. The Hall–Kier alpha value is -1.99. The highest BCUT2D eigenvalue weighted by atomic mass is 16.6. The molecule has 1 aliphatic carbocycles. The van der Waals surface area contributed by atoms with Gasteiger partial charge in [0.15, 0.2) is 0 Å². The lowest BCUT2D eigenvalue weighted by Gasteiger charge is -2.28. The van der Waals surface area contributed by atoms with Gasteiger partial charge >= 0.3 is 0 Å². The van der Waals surface area contributed by atoms with Gasteiger partial charge in [0, 0.05) is 29.3 Å². The van der Waals surface area contributed by atoms with E-state index in [0.717, 1.165) is 25.7 Å². The number of nitrogens with one attached hydrogen (secondary N) is 1. The standard InChI is InChI=1S/C14H19N3O4/c15-13(19)10-3-4-11(12(7-10)17(20)21)8-16-14(9-18)5-1-2-6-14/h3-4,7,16,18H,1-2,5-6,8-9H2,(H2,15,19). The number of hydrogen-bond donors (Lipinski definition) is 3. The van der Waals surface area contributed by atoms with E-state index in [-0.39, 0.29) is 29.9 Å². The molecule has 0 aliphatic heterocycles. The fraction of sp³-hybridized carbons (Fsp3) is 0.500. The molecule has 21 heavy (non-hydrogen) atoms. The summed E-state index contributed by atoms with van der Waals surface area (Å²) in [4.78, 5) is 21.7. The van der Waals surface area contributed by atoms with Crippen molar-refractivity contribution in [3.8, 4) is 0 Å². The number of nitrogens with two attached hydrogens (primary N) is 1. The van der Waals surface area contributed by atoms with Crippen molar-refractivity contribution >= 4 is 11.6 Å². The zero-order chi connectivity index (χ0) is 15.5. The monoisotopic (exact) mass is 293 g/mol. The Morgan fingerprint density at radius 3 is 2.62 bits per heavy atom. The molecule has 1 aromatic rings. The molecule has 0 saturated heterocycles. The first-order valence-corrected chi connectivity index (χ1v) is 6.90. The second-order valence-electron chi connectivity index (χ2n) is 5.46. The summed E-state index contributed by atoms with van der Waals surface area (Å²) in [5.41, 5.74) is 5.24. The summed E-state index contributed by atoms with van der Waals surface area (Å²) in [6.45, 7) is 0.288. The molecule has 0 unspecified atom stereocenters. The van der Waals surface area contributed by atoms with Gasteiger partial charge in [0.1, 0.15) is 0 Å². The zero-order valence-electron chi connectivity index (χ0n) is 11.7. The van der Waals surface area contributed by atoms with E-state index < -0.39 is 10.8 Å². The Labute approximate surface area is 122 Å². The van der Waals surface area contributed by atoms with Crippen LogP contribution in [0, 0.1) is 10.1 Å². The van der Waals surface area contributed by atoms with Gasteiger partial charge in [-0.1, -0.05) is 18.9 Å². The van der Waals surface area contributed by atoms with Gasteiger partial charge in [-0.3, -0.25) is 14.9 Å². The van der Waals surface area contributed by atoms with Crippen LogP contribution in [0.4, 0.5) is 5.69 Å². The maximum absolute atomic E-state index is 11.1. The SMILES string of the molecule is NC(=O)c1ccc(CNC2(CO)CCCC2)c([N+](=O)[O-])c1. The van der Waals surface area contributed by atoms with E-state index in [9.17, 15) is 20.0 Å². The summed E-state index contributed by atoms with van der Waals surface area (Å²) < 4.78 is 0. The molecule has 0 spiro atoms. The second-order valence-corrected chi connectivity index (χ2v) is 5.46. The number of carbonyl (C=O) groups is 1. The number of nitro benzene ring substituents is 1. The van der Waals surface area contributed by atoms with E-state index in [1.165, 1.54) is 18.2 Å². The molecule has 0 heterocycles. The van der Waals surface area contributed by atoms with Crippen molar-refractivity contribution in [1.82, 2.24) is 5.32 Å². The fourth-order valence-corrected chi connectivity index (χ4v) is 2.76. The lowest BCUT2D eigenvalue weighted by molar-refractivity contribution is -0.385. The first kappa shape index (κ1) is 15.4. The molecule has 1 amide bonds. The van der Waals surface area contributed by atoms with E-state index in [2.05, 4.69) is 5.32 Å². The molecule has 7 heteroatoms. The smallest absolute Gasteiger partial charge is 0.274 e. The Bertz CT molecular complexity index is 553. The van der Waals surface area contributed by atoms with E-state index in [0.29, 0.717) is 5.56 Å². The van der Waals surface area contributed by atoms with Crippen molar-refractivity contribution in [3.05, 3.63) is 39.4 Å². The quantitative estimate of drug-likeness (QED) is 0.536. The van der Waals surface area contributed by atoms with Crippen LogP contribution in [0.2, 0.25) is 0 Å². The van der Waals surface area contributed by atoms with Gasteiger partial charge in [-0.25, -0.2) is 0 Å². The van der Waals surface area contributed by atoms with Crippen LogP contribution in [0.3, 0.4) is 0 Å². The van der Waals surface area contributed by atoms with Crippen molar-refractivity contribution in [1.29, 1.82) is 0 Å². The molecular formula is C14H19N3O4. The Balaban J connectivity index is 2.19. The summed E-state index contributed by atoms with van der Waals surface area (Å²) in [6, 6.07) is 4.21. The predicted octanol–water partition coefficient (Wildman–Crippen LogP) is 1.09. The average molecular weight is 293 g/mol. The van der Waals surface area contributed by atoms with Crippen LogP contribution >= 0.6 is 0 Å². The molecule has 4 N–H and O–H groups in total. The van der Waals surface area contributed by atoms with E-state index in [1.54, 1.807) is 0 Å². The number of benzene rings is 1. The number of primary amides is 1. The van der Waals surface area contributed by atoms with Gasteiger partial charge < -0.3 is 16.2 Å². The molecule has 1 aliphatic rings. The minimum absolute atomic E-state index is 0.0141. The number of rotatable bonds is 6. The number of aliphatic hydroxyl groups is 1. The third kappa shape index (κ3) is 3.37. The van der Waals surface area contributed by atoms with Crippen molar-refractivity contribution in [2.75, 3.05) is 6.61 Å². The van der Waals surface area contributed by atoms with Crippen LogP contribution in [-0.4, -0.2) is 28.1 Å². The second kappa shape index (κ2) is 6.19. The molecule has 2 rings (SSSR count). The van der Waals surface area contributed by atoms with Gasteiger partial charge in [-0.2, -0.15) is 0 Å². The molecule has 1 saturated carbocycles. The molecule has 7 nitrogen and oxygen atoms in total. The summed E-state index contributed by atoms with van der Waals surface area (Å²) in [7, 11) is 0. The Morgan fingerprint density at radius 2 is 2.10 bits per heavy atom. The highest BCUT2D eigenvalue weighted by molar-refractivity contribution is 5.93. The molecule has 1 fully saturated rings. The normalized spacial score (nSPS) is 16.8. The number of hydrogen-bond acceptors (Lipinski definition) is 5. The lowest BCUT2D eigenvalue weighted by atomic mass is 9.98. The number of aliphatic hydroxyl groups excluding tert-OH is 1. The van der Waals surface area contributed by atoms with Crippen LogP contribution in [0.25, 0.3) is 0 Å². The van der Waals surface area contributed by atoms with E-state index in [1.807, 2.05) is 0 Å². The van der Waals surface area contributed by atoms with Gasteiger partial charge in [-0.05, 0) is 18.9 Å². The van der Waals surface area contributed by atoms with E-state index in [4.69, 9.17) is 5.73 Å². The fourth-order valence-electron chi connectivity index (χ4n) is 2.76. The molecular weight excluding hydrogens is 274 g/mol. The zero-order valence-corrected chi connectivity index (χ0v) is 11.7. The van der Waals surface area contributed by atoms with Crippen molar-refractivity contribution in [2.45, 2.75) is 37.8 Å². The maximum Gasteiger partial charge on any atom is 0.274 e. The summed E-state index contributed by atoms with van der Waals surface area (Å²) >= 11 is 0. The molecule has 0 radical (unpaired) electrons. The van der Waals surface area contributed by atoms with Gasteiger partial charge in [0.25, 0.3) is 5.69 Å². The van der Waals surface area contributed by atoms with Crippen LogP contribution < -0.4 is 11.1 Å². The average Bonchev–Trinajstić information content (AvgIpc) is 2.94. The van der Waals surface area contributed by atoms with Crippen LogP contribution in [0.5, 0.6) is 0 Å². The van der Waals surface area contributed by atoms with Gasteiger partial charge in [0.05, 0.1) is 11.5 Å². The van der Waals surface area contributed by atoms with Gasteiger partial charge in [-0.15, -0.1) is 0 Å². The van der Waals surface area contributed by atoms with E-state index >= 15 is 0 Å². The largest absolute Gasteiger partial charge is 0.394 e. The molecule has 1 aromatic carbocycles. The molecule has 0 aromatic heterocycles. The van der Waals surface area contributed by atoms with Crippen LogP contribution in [0.15, 0.2) is 18.2 Å². The minimum Gasteiger partial charge on any atom is -0.394 e.